The summed E-state index contributed by atoms with van der Waals surface area (Å²) in [5, 5.41) is 10.6. The van der Waals surface area contributed by atoms with Gasteiger partial charge in [0.15, 0.2) is 0 Å². The van der Waals surface area contributed by atoms with Crippen LogP contribution in [0, 0.1) is 0 Å². The number of carbonyl (C=O) groups is 2. The molecule has 0 aromatic rings. The molecule has 0 aliphatic rings. The molecule has 0 saturated heterocycles. The summed E-state index contributed by atoms with van der Waals surface area (Å²) in [4.78, 5) is 23.3. The minimum atomic E-state index is -4.52. The van der Waals surface area contributed by atoms with E-state index < -0.39 is 36.3 Å². The van der Waals surface area contributed by atoms with Crippen LogP contribution in [0.5, 0.6) is 0 Å². The number of hydrogen-bond donors (Lipinski definition) is 2. The lowest BCUT2D eigenvalue weighted by Crippen LogP contribution is -2.56. The van der Waals surface area contributed by atoms with Crippen molar-refractivity contribution in [2.45, 2.75) is 45.5 Å². The van der Waals surface area contributed by atoms with Gasteiger partial charge in [0.1, 0.15) is 12.6 Å². The van der Waals surface area contributed by atoms with Crippen LogP contribution in [-0.4, -0.2) is 46.3 Å². The van der Waals surface area contributed by atoms with Crippen molar-refractivity contribution in [3.05, 3.63) is 0 Å². The number of carbonyl (C=O) groups excluding carboxylic acids is 1. The van der Waals surface area contributed by atoms with Crippen molar-refractivity contribution in [3.63, 3.8) is 0 Å². The maximum absolute atomic E-state index is 11.9. The highest BCUT2D eigenvalue weighted by Crippen LogP contribution is 2.18. The molecule has 0 aliphatic heterocycles. The van der Waals surface area contributed by atoms with E-state index in [0.717, 1.165) is 4.90 Å². The fraction of sp³-hybridized carbons (Fsp3) is 0.800. The van der Waals surface area contributed by atoms with Gasteiger partial charge in [-0.05, 0) is 27.7 Å². The number of nitrogens with one attached hydrogen (secondary N) is 1. The number of hydrogen-bond acceptors (Lipinski definition) is 2. The molecule has 8 heteroatoms. The highest BCUT2D eigenvalue weighted by Gasteiger charge is 2.36. The van der Waals surface area contributed by atoms with Crippen LogP contribution < -0.4 is 5.32 Å². The molecular formula is C10H17F3N2O3. The van der Waals surface area contributed by atoms with Crippen molar-refractivity contribution in [3.8, 4) is 0 Å². The topological polar surface area (TPSA) is 69.6 Å². The predicted molar refractivity (Wildman–Crippen MR) is 58.1 cm³/mol. The van der Waals surface area contributed by atoms with Crippen molar-refractivity contribution in [2.24, 2.45) is 0 Å². The Bertz CT molecular complexity index is 323. The van der Waals surface area contributed by atoms with E-state index in [0.29, 0.717) is 0 Å². The summed E-state index contributed by atoms with van der Waals surface area (Å²) >= 11 is 0. The second kappa shape index (κ2) is 5.45. The van der Waals surface area contributed by atoms with Crippen molar-refractivity contribution >= 4 is 12.0 Å². The van der Waals surface area contributed by atoms with Gasteiger partial charge in [-0.1, -0.05) is 0 Å². The van der Waals surface area contributed by atoms with E-state index in [1.807, 2.05) is 0 Å². The third-order valence-electron chi connectivity index (χ3n) is 2.16. The number of nitrogens with zero attached hydrogens (tertiary/aromatic N) is 1. The van der Waals surface area contributed by atoms with Gasteiger partial charge in [0.05, 0.1) is 0 Å². The van der Waals surface area contributed by atoms with E-state index in [9.17, 15) is 22.8 Å². The average Bonchev–Trinajstić information content (AvgIpc) is 2.09. The third kappa shape index (κ3) is 5.24. The van der Waals surface area contributed by atoms with Crippen molar-refractivity contribution in [1.82, 2.24) is 10.2 Å². The normalized spacial score (nSPS) is 13.9. The SMILES string of the molecule is C[C@H](C(=O)NCC(F)(F)F)N(C(=O)O)C(C)(C)C. The van der Waals surface area contributed by atoms with Gasteiger partial charge in [-0.25, -0.2) is 4.79 Å². The molecule has 0 unspecified atom stereocenters. The second-order valence-electron chi connectivity index (χ2n) is 4.83. The quantitative estimate of drug-likeness (QED) is 0.822. The van der Waals surface area contributed by atoms with Crippen LogP contribution in [-0.2, 0) is 4.79 Å². The van der Waals surface area contributed by atoms with Gasteiger partial charge in [-0.3, -0.25) is 9.69 Å². The predicted octanol–water partition coefficient (Wildman–Crippen LogP) is 1.83. The zero-order valence-electron chi connectivity index (χ0n) is 10.6. The Balaban J connectivity index is 4.75. The van der Waals surface area contributed by atoms with E-state index >= 15 is 0 Å². The van der Waals surface area contributed by atoms with Gasteiger partial charge in [-0.2, -0.15) is 13.2 Å². The Hall–Kier alpha value is -1.47. The lowest BCUT2D eigenvalue weighted by atomic mass is 10.0. The van der Waals surface area contributed by atoms with Gasteiger partial charge in [-0.15, -0.1) is 0 Å². The van der Waals surface area contributed by atoms with Crippen LogP contribution in [0.15, 0.2) is 0 Å². The highest BCUT2D eigenvalue weighted by atomic mass is 19.4. The third-order valence-corrected chi connectivity index (χ3v) is 2.16. The molecule has 0 rings (SSSR count). The minimum absolute atomic E-state index is 0.804. The van der Waals surface area contributed by atoms with Crippen LogP contribution >= 0.6 is 0 Å². The molecule has 0 saturated carbocycles. The summed E-state index contributed by atoms with van der Waals surface area (Å²) in [6, 6.07) is -1.20. The maximum Gasteiger partial charge on any atom is 0.408 e. The first kappa shape index (κ1) is 16.5. The van der Waals surface area contributed by atoms with Crippen LogP contribution in [0.4, 0.5) is 18.0 Å². The average molecular weight is 270 g/mol. The first-order chi connectivity index (χ1) is 7.86. The molecule has 0 bridgehead atoms. The van der Waals surface area contributed by atoms with Gasteiger partial charge in [0, 0.05) is 5.54 Å². The summed E-state index contributed by atoms with van der Waals surface area (Å²) in [7, 11) is 0. The summed E-state index contributed by atoms with van der Waals surface area (Å²) < 4.78 is 35.8. The zero-order valence-corrected chi connectivity index (χ0v) is 10.6. The number of rotatable bonds is 3. The summed E-state index contributed by atoms with van der Waals surface area (Å²) in [5.74, 6) is -0.982. The molecule has 18 heavy (non-hydrogen) atoms. The van der Waals surface area contributed by atoms with Crippen LogP contribution in [0.3, 0.4) is 0 Å². The van der Waals surface area contributed by atoms with E-state index in [4.69, 9.17) is 5.11 Å². The first-order valence-electron chi connectivity index (χ1n) is 5.23. The number of alkyl halides is 3. The Morgan fingerprint density at radius 2 is 1.72 bits per heavy atom. The lowest BCUT2D eigenvalue weighted by Gasteiger charge is -2.37. The molecular weight excluding hydrogens is 253 g/mol. The Morgan fingerprint density at radius 3 is 2.00 bits per heavy atom. The first-order valence-corrected chi connectivity index (χ1v) is 5.23. The van der Waals surface area contributed by atoms with Gasteiger partial charge in [0.25, 0.3) is 0 Å². The lowest BCUT2D eigenvalue weighted by molar-refractivity contribution is -0.141. The summed E-state index contributed by atoms with van der Waals surface area (Å²) in [6.45, 7) is 4.41. The molecule has 2 N–H and O–H groups in total. The molecule has 106 valence electrons. The smallest absolute Gasteiger partial charge is 0.408 e. The molecule has 0 spiro atoms. The van der Waals surface area contributed by atoms with Crippen molar-refractivity contribution < 1.29 is 27.9 Å². The second-order valence-corrected chi connectivity index (χ2v) is 4.83. The van der Waals surface area contributed by atoms with E-state index in [2.05, 4.69) is 0 Å². The van der Waals surface area contributed by atoms with E-state index in [-0.39, 0.29) is 0 Å². The summed E-state index contributed by atoms with van der Waals surface area (Å²) in [6.07, 6.45) is -5.89. The van der Waals surface area contributed by atoms with E-state index in [1.165, 1.54) is 6.92 Å². The molecule has 0 fully saturated rings. The van der Waals surface area contributed by atoms with E-state index in [1.54, 1.807) is 26.1 Å². The molecule has 0 aromatic heterocycles. The Morgan fingerprint density at radius 1 is 1.28 bits per heavy atom. The van der Waals surface area contributed by atoms with Crippen molar-refractivity contribution in [2.75, 3.05) is 6.54 Å². The minimum Gasteiger partial charge on any atom is -0.465 e. The fourth-order valence-electron chi connectivity index (χ4n) is 1.49. The number of carboxylic acid groups (broad SMARTS) is 1. The largest absolute Gasteiger partial charge is 0.465 e. The molecule has 5 nitrogen and oxygen atoms in total. The molecule has 0 heterocycles. The molecule has 1 atom stereocenters. The molecule has 0 radical (unpaired) electrons. The van der Waals surface area contributed by atoms with Crippen LogP contribution in [0.1, 0.15) is 27.7 Å². The fourth-order valence-corrected chi connectivity index (χ4v) is 1.49. The standard InChI is InChI=1S/C10H17F3N2O3/c1-6(7(16)14-5-10(11,12)13)15(8(17)18)9(2,3)4/h6H,5H2,1-4H3,(H,14,16)(H,17,18)/t6-/m1/s1. The van der Waals surface area contributed by atoms with Crippen molar-refractivity contribution in [1.29, 1.82) is 0 Å². The molecule has 2 amide bonds. The van der Waals surface area contributed by atoms with Gasteiger partial charge < -0.3 is 10.4 Å². The van der Waals surface area contributed by atoms with Crippen LogP contribution in [0.25, 0.3) is 0 Å². The maximum atomic E-state index is 11.9. The number of halogens is 3. The number of amides is 2. The molecule has 0 aliphatic carbocycles. The monoisotopic (exact) mass is 270 g/mol. The zero-order chi connectivity index (χ0) is 14.7. The summed E-state index contributed by atoms with van der Waals surface area (Å²) in [5.41, 5.74) is -0.888. The van der Waals surface area contributed by atoms with Gasteiger partial charge >= 0.3 is 12.3 Å². The van der Waals surface area contributed by atoms with Gasteiger partial charge in [0.2, 0.25) is 5.91 Å². The van der Waals surface area contributed by atoms with Crippen LogP contribution in [0.2, 0.25) is 0 Å². The highest BCUT2D eigenvalue weighted by molar-refractivity contribution is 5.85. The molecule has 0 aromatic carbocycles. The Labute approximate surface area is 103 Å². The Kier molecular flexibility index (Phi) is 5.00.